The molecule has 4 rings (SSSR count). The Morgan fingerprint density at radius 1 is 0.750 bits per heavy atom. The van der Waals surface area contributed by atoms with Crippen molar-refractivity contribution in [2.45, 2.75) is 51.4 Å². The molecule has 3 saturated carbocycles. The van der Waals surface area contributed by atoms with E-state index in [0.717, 1.165) is 17.8 Å². The van der Waals surface area contributed by atoms with Crippen LogP contribution in [0.4, 0.5) is 5.69 Å². The molecular weight excluding hydrogens is 242 g/mol. The maximum atomic E-state index is 2.67. The molecule has 0 N–H and O–H groups in total. The summed E-state index contributed by atoms with van der Waals surface area (Å²) < 4.78 is 0. The predicted molar refractivity (Wildman–Crippen MR) is 85.1 cm³/mol. The monoisotopic (exact) mass is 269 g/mol. The van der Waals surface area contributed by atoms with Gasteiger partial charge in [0, 0.05) is 18.8 Å². The summed E-state index contributed by atoms with van der Waals surface area (Å²) in [5.74, 6) is 3.03. The number of anilines is 1. The fourth-order valence-corrected chi connectivity index (χ4v) is 3.16. The van der Waals surface area contributed by atoms with Gasteiger partial charge in [0.25, 0.3) is 0 Å². The van der Waals surface area contributed by atoms with Crippen LogP contribution < -0.4 is 4.90 Å². The summed E-state index contributed by atoms with van der Waals surface area (Å²) in [6.07, 6.45) is 11.5. The van der Waals surface area contributed by atoms with Gasteiger partial charge in [-0.15, -0.1) is 0 Å². The van der Waals surface area contributed by atoms with E-state index in [1.165, 1.54) is 70.1 Å². The van der Waals surface area contributed by atoms with E-state index in [-0.39, 0.29) is 0 Å². The molecule has 1 nitrogen and oxygen atoms in total. The highest BCUT2D eigenvalue weighted by Gasteiger charge is 2.29. The third kappa shape index (κ3) is 3.56. The van der Waals surface area contributed by atoms with Crippen molar-refractivity contribution in [1.82, 2.24) is 0 Å². The summed E-state index contributed by atoms with van der Waals surface area (Å²) in [7, 11) is 0. The van der Waals surface area contributed by atoms with E-state index in [0.29, 0.717) is 0 Å². The van der Waals surface area contributed by atoms with Crippen LogP contribution in [-0.4, -0.2) is 13.1 Å². The number of rotatable bonds is 8. The topological polar surface area (TPSA) is 3.24 Å². The molecule has 0 spiro atoms. The minimum atomic E-state index is 0.989. The Balaban J connectivity index is 1.38. The summed E-state index contributed by atoms with van der Waals surface area (Å²) >= 11 is 0. The zero-order valence-electron chi connectivity index (χ0n) is 12.6. The van der Waals surface area contributed by atoms with Crippen molar-refractivity contribution < 1.29 is 0 Å². The van der Waals surface area contributed by atoms with Crippen LogP contribution in [0.15, 0.2) is 24.3 Å². The van der Waals surface area contributed by atoms with Gasteiger partial charge in [-0.1, -0.05) is 25.0 Å². The van der Waals surface area contributed by atoms with Crippen molar-refractivity contribution in [2.24, 2.45) is 17.8 Å². The molecule has 108 valence electrons. The smallest absolute Gasteiger partial charge is 0.0366 e. The summed E-state index contributed by atoms with van der Waals surface area (Å²) in [5.41, 5.74) is 3.01. The van der Waals surface area contributed by atoms with Crippen LogP contribution in [0.1, 0.15) is 50.5 Å². The summed E-state index contributed by atoms with van der Waals surface area (Å²) in [6.45, 7) is 2.61. The molecule has 0 heterocycles. The van der Waals surface area contributed by atoms with Crippen molar-refractivity contribution in [3.8, 4) is 0 Å². The first-order chi connectivity index (χ1) is 9.87. The average Bonchev–Trinajstić information content (AvgIpc) is 3.32. The van der Waals surface area contributed by atoms with Crippen molar-refractivity contribution >= 4 is 5.69 Å². The molecule has 0 saturated heterocycles. The van der Waals surface area contributed by atoms with Gasteiger partial charge in [0.15, 0.2) is 0 Å². The van der Waals surface area contributed by atoms with Gasteiger partial charge in [0.05, 0.1) is 0 Å². The Morgan fingerprint density at radius 2 is 1.30 bits per heavy atom. The van der Waals surface area contributed by atoms with E-state index < -0.39 is 0 Å². The first-order valence-corrected chi connectivity index (χ1v) is 8.71. The van der Waals surface area contributed by atoms with Crippen LogP contribution in [0.3, 0.4) is 0 Å². The van der Waals surface area contributed by atoms with E-state index in [4.69, 9.17) is 0 Å². The molecule has 0 amide bonds. The molecule has 1 aromatic rings. The molecule has 3 aliphatic rings. The molecule has 0 atom stereocenters. The standard InChI is InChI=1S/C19H27N/c1-2-15(1)3-4-16-9-11-19(12-10-16)20(13-17-5-6-17)14-18-7-8-18/h9-12,15,17-18H,1-8,13-14H2. The number of nitrogens with zero attached hydrogens (tertiary/aromatic N) is 1. The van der Waals surface area contributed by atoms with Gasteiger partial charge < -0.3 is 4.90 Å². The quantitative estimate of drug-likeness (QED) is 0.663. The summed E-state index contributed by atoms with van der Waals surface area (Å²) in [5, 5.41) is 0. The first-order valence-electron chi connectivity index (χ1n) is 8.71. The first kappa shape index (κ1) is 12.7. The van der Waals surface area contributed by atoms with Gasteiger partial charge in [-0.05, 0) is 74.0 Å². The Bertz CT molecular complexity index is 423. The molecule has 0 unspecified atom stereocenters. The van der Waals surface area contributed by atoms with Gasteiger partial charge in [-0.25, -0.2) is 0 Å². The lowest BCUT2D eigenvalue weighted by atomic mass is 10.1. The molecule has 1 aromatic carbocycles. The lowest BCUT2D eigenvalue weighted by Crippen LogP contribution is -2.27. The maximum Gasteiger partial charge on any atom is 0.0366 e. The number of hydrogen-bond acceptors (Lipinski definition) is 1. The van der Waals surface area contributed by atoms with Crippen LogP contribution in [0.5, 0.6) is 0 Å². The van der Waals surface area contributed by atoms with E-state index in [1.54, 1.807) is 5.56 Å². The summed E-state index contributed by atoms with van der Waals surface area (Å²) in [6, 6.07) is 9.52. The highest BCUT2D eigenvalue weighted by atomic mass is 15.1. The fraction of sp³-hybridized carbons (Fsp3) is 0.684. The van der Waals surface area contributed by atoms with Gasteiger partial charge in [0.2, 0.25) is 0 Å². The van der Waals surface area contributed by atoms with Crippen LogP contribution >= 0.6 is 0 Å². The van der Waals surface area contributed by atoms with Crippen LogP contribution in [0, 0.1) is 17.8 Å². The largest absolute Gasteiger partial charge is 0.371 e. The predicted octanol–water partition coefficient (Wildman–Crippen LogP) is 4.66. The SMILES string of the molecule is c1cc(N(CC2CC2)CC2CC2)ccc1CCC1CC1. The third-order valence-corrected chi connectivity index (χ3v) is 5.19. The summed E-state index contributed by atoms with van der Waals surface area (Å²) in [4.78, 5) is 2.67. The molecule has 0 aromatic heterocycles. The molecule has 20 heavy (non-hydrogen) atoms. The van der Waals surface area contributed by atoms with Crippen molar-refractivity contribution in [3.05, 3.63) is 29.8 Å². The zero-order chi connectivity index (χ0) is 13.4. The van der Waals surface area contributed by atoms with Crippen molar-refractivity contribution in [2.75, 3.05) is 18.0 Å². The van der Waals surface area contributed by atoms with Crippen LogP contribution in [0.25, 0.3) is 0 Å². The number of benzene rings is 1. The minimum absolute atomic E-state index is 0.989. The van der Waals surface area contributed by atoms with Crippen molar-refractivity contribution in [3.63, 3.8) is 0 Å². The second kappa shape index (κ2) is 5.42. The third-order valence-electron chi connectivity index (χ3n) is 5.19. The second-order valence-electron chi connectivity index (χ2n) is 7.44. The molecule has 3 fully saturated rings. The zero-order valence-corrected chi connectivity index (χ0v) is 12.6. The van der Waals surface area contributed by atoms with E-state index >= 15 is 0 Å². The van der Waals surface area contributed by atoms with Gasteiger partial charge in [-0.2, -0.15) is 0 Å². The van der Waals surface area contributed by atoms with Crippen molar-refractivity contribution in [1.29, 1.82) is 0 Å². The van der Waals surface area contributed by atoms with Gasteiger partial charge in [0.1, 0.15) is 0 Å². The Kier molecular flexibility index (Phi) is 3.45. The molecule has 0 aliphatic heterocycles. The van der Waals surface area contributed by atoms with Gasteiger partial charge in [-0.3, -0.25) is 0 Å². The molecule has 3 aliphatic carbocycles. The van der Waals surface area contributed by atoms with Crippen LogP contribution in [-0.2, 0) is 6.42 Å². The molecular formula is C19H27N. The van der Waals surface area contributed by atoms with Crippen LogP contribution in [0.2, 0.25) is 0 Å². The average molecular weight is 269 g/mol. The number of hydrogen-bond donors (Lipinski definition) is 0. The molecule has 0 radical (unpaired) electrons. The van der Waals surface area contributed by atoms with E-state index in [2.05, 4.69) is 29.2 Å². The van der Waals surface area contributed by atoms with E-state index in [9.17, 15) is 0 Å². The van der Waals surface area contributed by atoms with Gasteiger partial charge >= 0.3 is 0 Å². The Hall–Kier alpha value is -0.980. The minimum Gasteiger partial charge on any atom is -0.371 e. The fourth-order valence-electron chi connectivity index (χ4n) is 3.16. The Labute approximate surface area is 123 Å². The number of aryl methyl sites for hydroxylation is 1. The lowest BCUT2D eigenvalue weighted by Gasteiger charge is -2.25. The normalized spacial score (nSPS) is 22.0. The molecule has 1 heteroatoms. The lowest BCUT2D eigenvalue weighted by molar-refractivity contribution is 0.679. The highest BCUT2D eigenvalue weighted by Crippen LogP contribution is 2.36. The second-order valence-corrected chi connectivity index (χ2v) is 7.44. The highest BCUT2D eigenvalue weighted by molar-refractivity contribution is 5.48. The Morgan fingerprint density at radius 3 is 1.80 bits per heavy atom. The molecule has 0 bridgehead atoms. The maximum absolute atomic E-state index is 2.67. The van der Waals surface area contributed by atoms with E-state index in [1.807, 2.05) is 0 Å².